The molecule has 1 amide bonds. The summed E-state index contributed by atoms with van der Waals surface area (Å²) in [5, 5.41) is 0. The number of hydrogen-bond donors (Lipinski definition) is 0. The first kappa shape index (κ1) is 19.5. The predicted octanol–water partition coefficient (Wildman–Crippen LogP) is 4.89. The number of fused-ring (bicyclic) bond motifs is 1. The van der Waals surface area contributed by atoms with E-state index in [1.165, 1.54) is 11.1 Å². The Morgan fingerprint density at radius 1 is 0.871 bits per heavy atom. The molecule has 2 heterocycles. The summed E-state index contributed by atoms with van der Waals surface area (Å²) in [4.78, 5) is 28.8. The molecule has 3 atom stereocenters. The number of carbonyl (C=O) groups excluding carboxylic acids is 2. The second-order valence-electron chi connectivity index (χ2n) is 8.57. The Bertz CT molecular complexity index is 1070. The minimum Gasteiger partial charge on any atom is -0.337 e. The van der Waals surface area contributed by atoms with E-state index in [-0.39, 0.29) is 29.1 Å². The maximum absolute atomic E-state index is 13.6. The van der Waals surface area contributed by atoms with Gasteiger partial charge < -0.3 is 4.90 Å². The molecule has 0 radical (unpaired) electrons. The molecule has 3 heteroatoms. The highest BCUT2D eigenvalue weighted by molar-refractivity contribution is 6.11. The summed E-state index contributed by atoms with van der Waals surface area (Å²) in [6, 6.07) is 29.9. The molecule has 3 aromatic rings. The zero-order chi connectivity index (χ0) is 21.4. The molecule has 2 fully saturated rings. The molecule has 0 aliphatic carbocycles. The zero-order valence-corrected chi connectivity index (χ0v) is 17.4. The van der Waals surface area contributed by atoms with Gasteiger partial charge in [0.15, 0.2) is 5.78 Å². The van der Waals surface area contributed by atoms with Crippen molar-refractivity contribution in [3.63, 3.8) is 0 Å². The fraction of sp³-hybridized carbons (Fsp3) is 0.214. The summed E-state index contributed by atoms with van der Waals surface area (Å²) < 4.78 is 0. The molecule has 0 bridgehead atoms. The quantitative estimate of drug-likeness (QED) is 0.343. The smallest absolute Gasteiger partial charge is 0.234 e. The molecule has 3 nitrogen and oxygen atoms in total. The average Bonchev–Trinajstić information content (AvgIpc) is 3.35. The van der Waals surface area contributed by atoms with Crippen LogP contribution in [0.2, 0.25) is 0 Å². The van der Waals surface area contributed by atoms with Crippen LogP contribution in [0.1, 0.15) is 27.9 Å². The Hall–Kier alpha value is -3.46. The van der Waals surface area contributed by atoms with Gasteiger partial charge in [-0.25, -0.2) is 0 Å². The summed E-state index contributed by atoms with van der Waals surface area (Å²) in [7, 11) is 0. The summed E-state index contributed by atoms with van der Waals surface area (Å²) >= 11 is 0. The molecule has 0 aromatic heterocycles. The lowest BCUT2D eigenvalue weighted by molar-refractivity contribution is -0.130. The second kappa shape index (κ2) is 7.66. The molecular formula is C28H25NO2. The molecule has 154 valence electrons. The molecule has 31 heavy (non-hydrogen) atoms. The lowest BCUT2D eigenvalue weighted by Gasteiger charge is -2.32. The Morgan fingerprint density at radius 3 is 1.90 bits per heavy atom. The van der Waals surface area contributed by atoms with Crippen molar-refractivity contribution in [1.29, 1.82) is 0 Å². The fourth-order valence-corrected chi connectivity index (χ4v) is 5.55. The molecular weight excluding hydrogens is 382 g/mol. The minimum absolute atomic E-state index is 0.0388. The van der Waals surface area contributed by atoms with E-state index in [2.05, 4.69) is 55.1 Å². The molecule has 2 aliphatic rings. The van der Waals surface area contributed by atoms with Crippen LogP contribution in [0.5, 0.6) is 0 Å². The first-order valence-corrected chi connectivity index (χ1v) is 10.8. The fourth-order valence-electron chi connectivity index (χ4n) is 5.55. The van der Waals surface area contributed by atoms with Crippen LogP contribution in [0, 0.1) is 11.8 Å². The van der Waals surface area contributed by atoms with E-state index in [1.54, 1.807) is 12.1 Å². The van der Waals surface area contributed by atoms with Gasteiger partial charge >= 0.3 is 0 Å². The summed E-state index contributed by atoms with van der Waals surface area (Å²) in [5.74, 6) is -1.06. The van der Waals surface area contributed by atoms with Gasteiger partial charge in [0.05, 0.1) is 0 Å². The Morgan fingerprint density at radius 2 is 1.39 bits per heavy atom. The van der Waals surface area contributed by atoms with Crippen LogP contribution in [-0.2, 0) is 10.2 Å². The van der Waals surface area contributed by atoms with Gasteiger partial charge in [-0.15, -0.1) is 6.58 Å². The van der Waals surface area contributed by atoms with Gasteiger partial charge in [0, 0.05) is 29.5 Å². The lowest BCUT2D eigenvalue weighted by atomic mass is 9.70. The third-order valence-electron chi connectivity index (χ3n) is 7.04. The highest BCUT2D eigenvalue weighted by Gasteiger charge is 2.58. The third kappa shape index (κ3) is 3.04. The normalized spacial score (nSPS) is 24.1. The van der Waals surface area contributed by atoms with Crippen LogP contribution in [0.25, 0.3) is 0 Å². The summed E-state index contributed by atoms with van der Waals surface area (Å²) in [6.07, 6.45) is 2.60. The monoisotopic (exact) mass is 407 g/mol. The first-order chi connectivity index (χ1) is 15.2. The number of hydrogen-bond acceptors (Lipinski definition) is 2. The van der Waals surface area contributed by atoms with Gasteiger partial charge in [0.1, 0.15) is 5.92 Å². The van der Waals surface area contributed by atoms with Gasteiger partial charge in [-0.3, -0.25) is 9.59 Å². The Balaban J connectivity index is 1.55. The number of amides is 1. The number of Topliss-reactive ketones (excluding diaryl/α,β-unsaturated/α-hetero) is 1. The van der Waals surface area contributed by atoms with Crippen molar-refractivity contribution in [3.8, 4) is 0 Å². The molecule has 0 unspecified atom stereocenters. The molecule has 0 spiro atoms. The van der Waals surface area contributed by atoms with Gasteiger partial charge in [-0.05, 0) is 17.5 Å². The highest BCUT2D eigenvalue weighted by Crippen LogP contribution is 2.50. The molecule has 0 saturated carbocycles. The van der Waals surface area contributed by atoms with Gasteiger partial charge in [0.2, 0.25) is 5.91 Å². The summed E-state index contributed by atoms with van der Waals surface area (Å²) in [5.41, 5.74) is 2.71. The van der Waals surface area contributed by atoms with Crippen LogP contribution in [0.15, 0.2) is 104 Å². The van der Waals surface area contributed by atoms with Crippen LogP contribution in [0.3, 0.4) is 0 Å². The molecule has 3 aromatic carbocycles. The first-order valence-electron chi connectivity index (χ1n) is 10.8. The van der Waals surface area contributed by atoms with Gasteiger partial charge in [0.25, 0.3) is 0 Å². The number of nitrogens with zero attached hydrogens (tertiary/aromatic N) is 1. The van der Waals surface area contributed by atoms with E-state index < -0.39 is 5.92 Å². The standard InChI is InChI=1S/C28H25NO2/c1-2-23-24-18-28(21-14-8-4-9-15-21,22-16-10-5-11-17-22)19-29(24)27(31)25(23)26(30)20-12-6-3-7-13-20/h2-17,23-25H,1,18-19H2/t23-,24-,25-/m1/s1. The number of rotatable bonds is 5. The van der Waals surface area contributed by atoms with Crippen molar-refractivity contribution in [2.75, 3.05) is 6.54 Å². The molecule has 2 saturated heterocycles. The average molecular weight is 408 g/mol. The van der Waals surface area contributed by atoms with Crippen LogP contribution in [-0.4, -0.2) is 29.2 Å². The lowest BCUT2D eigenvalue weighted by Crippen LogP contribution is -2.37. The number of benzene rings is 3. The zero-order valence-electron chi connectivity index (χ0n) is 17.4. The SMILES string of the molecule is C=C[C@H]1[C@H](C(=O)c2ccccc2)C(=O)N2CC(c3ccccc3)(c3ccccc3)C[C@H]12. The van der Waals surface area contributed by atoms with E-state index in [0.29, 0.717) is 12.1 Å². The largest absolute Gasteiger partial charge is 0.337 e. The van der Waals surface area contributed by atoms with E-state index in [9.17, 15) is 9.59 Å². The van der Waals surface area contributed by atoms with E-state index in [0.717, 1.165) is 6.42 Å². The highest BCUT2D eigenvalue weighted by atomic mass is 16.2. The molecule has 5 rings (SSSR count). The van der Waals surface area contributed by atoms with E-state index in [1.807, 2.05) is 41.3 Å². The topological polar surface area (TPSA) is 37.4 Å². The van der Waals surface area contributed by atoms with Crippen molar-refractivity contribution < 1.29 is 9.59 Å². The third-order valence-corrected chi connectivity index (χ3v) is 7.04. The Labute approximate surface area is 183 Å². The van der Waals surface area contributed by atoms with Crippen molar-refractivity contribution >= 4 is 11.7 Å². The maximum Gasteiger partial charge on any atom is 0.234 e. The molecule has 0 N–H and O–H groups in total. The minimum atomic E-state index is -0.686. The number of ketones is 1. The summed E-state index contributed by atoms with van der Waals surface area (Å²) in [6.45, 7) is 4.60. The predicted molar refractivity (Wildman–Crippen MR) is 122 cm³/mol. The van der Waals surface area contributed by atoms with Crippen molar-refractivity contribution in [2.24, 2.45) is 11.8 Å². The van der Waals surface area contributed by atoms with E-state index >= 15 is 0 Å². The van der Waals surface area contributed by atoms with Crippen LogP contribution in [0.4, 0.5) is 0 Å². The van der Waals surface area contributed by atoms with Crippen molar-refractivity contribution in [1.82, 2.24) is 4.90 Å². The van der Waals surface area contributed by atoms with Crippen molar-refractivity contribution in [3.05, 3.63) is 120 Å². The van der Waals surface area contributed by atoms with Gasteiger partial charge in [-0.2, -0.15) is 0 Å². The number of carbonyl (C=O) groups is 2. The van der Waals surface area contributed by atoms with Crippen LogP contribution >= 0.6 is 0 Å². The maximum atomic E-state index is 13.6. The van der Waals surface area contributed by atoms with Crippen molar-refractivity contribution in [2.45, 2.75) is 17.9 Å². The van der Waals surface area contributed by atoms with Crippen LogP contribution < -0.4 is 0 Å². The van der Waals surface area contributed by atoms with E-state index in [4.69, 9.17) is 0 Å². The second-order valence-corrected chi connectivity index (χ2v) is 8.57. The van der Waals surface area contributed by atoms with Gasteiger partial charge in [-0.1, -0.05) is 97.1 Å². The Kier molecular flexibility index (Phi) is 4.82. The molecule has 2 aliphatic heterocycles.